The van der Waals surface area contributed by atoms with Crippen molar-refractivity contribution < 1.29 is 19.8 Å². The van der Waals surface area contributed by atoms with Crippen LogP contribution in [0.1, 0.15) is 32.1 Å². The van der Waals surface area contributed by atoms with Crippen LogP contribution in [0.15, 0.2) is 12.7 Å². The number of carboxylic acid groups (broad SMARTS) is 1. The Morgan fingerprint density at radius 2 is 2.16 bits per heavy atom. The molecule has 1 saturated carbocycles. The first-order valence-corrected chi connectivity index (χ1v) is 6.61. The van der Waals surface area contributed by atoms with Crippen LogP contribution in [0.5, 0.6) is 0 Å². The van der Waals surface area contributed by atoms with Crippen molar-refractivity contribution in [2.45, 2.75) is 44.2 Å². The lowest BCUT2D eigenvalue weighted by Gasteiger charge is -2.38. The second-order valence-electron chi connectivity index (χ2n) is 4.72. The maximum Gasteiger partial charge on any atom is 0.326 e. The van der Waals surface area contributed by atoms with Crippen LogP contribution in [0.2, 0.25) is 0 Å². The van der Waals surface area contributed by atoms with Crippen LogP contribution >= 0.6 is 0 Å². The minimum absolute atomic E-state index is 0.0194. The number of urea groups is 1. The van der Waals surface area contributed by atoms with Gasteiger partial charge in [0.1, 0.15) is 6.04 Å². The molecule has 19 heavy (non-hydrogen) atoms. The Bertz CT molecular complexity index is 329. The molecule has 0 aromatic rings. The van der Waals surface area contributed by atoms with Crippen molar-refractivity contribution >= 4 is 12.0 Å². The Labute approximate surface area is 113 Å². The number of carboxylic acids is 1. The fourth-order valence-electron chi connectivity index (χ4n) is 2.01. The van der Waals surface area contributed by atoms with Crippen LogP contribution in [0.25, 0.3) is 0 Å². The second-order valence-corrected chi connectivity index (χ2v) is 4.72. The monoisotopic (exact) mass is 270 g/mol. The van der Waals surface area contributed by atoms with Gasteiger partial charge in [-0.1, -0.05) is 6.08 Å². The first-order chi connectivity index (χ1) is 9.10. The number of hydrogen-bond acceptors (Lipinski definition) is 3. The van der Waals surface area contributed by atoms with E-state index in [4.69, 9.17) is 10.2 Å². The van der Waals surface area contributed by atoms with Gasteiger partial charge in [0.25, 0.3) is 0 Å². The fourth-order valence-corrected chi connectivity index (χ4v) is 2.01. The van der Waals surface area contributed by atoms with E-state index >= 15 is 0 Å². The largest absolute Gasteiger partial charge is 0.480 e. The molecule has 0 aliphatic heterocycles. The molecule has 1 aliphatic rings. The second kappa shape index (κ2) is 7.78. The van der Waals surface area contributed by atoms with Gasteiger partial charge in [-0.05, 0) is 32.1 Å². The van der Waals surface area contributed by atoms with Gasteiger partial charge in [0, 0.05) is 19.2 Å². The predicted molar refractivity (Wildman–Crippen MR) is 70.8 cm³/mol. The first kappa shape index (κ1) is 15.5. The molecule has 0 saturated heterocycles. The van der Waals surface area contributed by atoms with Crippen molar-refractivity contribution in [3.05, 3.63) is 12.7 Å². The number of nitrogens with one attached hydrogen (secondary N) is 1. The quantitative estimate of drug-likeness (QED) is 0.573. The molecule has 0 bridgehead atoms. The number of amides is 2. The van der Waals surface area contributed by atoms with Gasteiger partial charge in [-0.25, -0.2) is 9.59 Å². The molecule has 0 heterocycles. The zero-order valence-electron chi connectivity index (χ0n) is 11.0. The van der Waals surface area contributed by atoms with Gasteiger partial charge in [0.05, 0.1) is 0 Å². The molecule has 1 unspecified atom stereocenters. The third-order valence-electron chi connectivity index (χ3n) is 3.33. The fraction of sp³-hybridized carbons (Fsp3) is 0.692. The van der Waals surface area contributed by atoms with Crippen molar-refractivity contribution in [1.82, 2.24) is 10.2 Å². The predicted octanol–water partition coefficient (Wildman–Crippen LogP) is 0.962. The van der Waals surface area contributed by atoms with Crippen molar-refractivity contribution in [1.29, 1.82) is 0 Å². The molecule has 1 fully saturated rings. The molecular weight excluding hydrogens is 248 g/mol. The molecule has 1 atom stereocenters. The highest BCUT2D eigenvalue weighted by Gasteiger charge is 2.30. The normalized spacial score (nSPS) is 16.3. The topological polar surface area (TPSA) is 89.9 Å². The maximum atomic E-state index is 12.1. The molecule has 108 valence electrons. The van der Waals surface area contributed by atoms with Crippen molar-refractivity contribution in [2.24, 2.45) is 0 Å². The van der Waals surface area contributed by atoms with Crippen LogP contribution < -0.4 is 5.32 Å². The van der Waals surface area contributed by atoms with Crippen LogP contribution in [0.3, 0.4) is 0 Å². The molecule has 2 amide bonds. The Morgan fingerprint density at radius 3 is 2.58 bits per heavy atom. The summed E-state index contributed by atoms with van der Waals surface area (Å²) in [4.78, 5) is 24.7. The third kappa shape index (κ3) is 4.55. The smallest absolute Gasteiger partial charge is 0.326 e. The minimum Gasteiger partial charge on any atom is -0.480 e. The summed E-state index contributed by atoms with van der Waals surface area (Å²) in [5, 5.41) is 20.4. The summed E-state index contributed by atoms with van der Waals surface area (Å²) in [5.41, 5.74) is 0. The number of carbonyl (C=O) groups is 2. The lowest BCUT2D eigenvalue weighted by atomic mass is 9.91. The highest BCUT2D eigenvalue weighted by molar-refractivity contribution is 5.82. The molecule has 1 aliphatic carbocycles. The number of aliphatic hydroxyl groups is 1. The van der Waals surface area contributed by atoms with Gasteiger partial charge in [0.2, 0.25) is 0 Å². The summed E-state index contributed by atoms with van der Waals surface area (Å²) in [6.07, 6.45) is 5.14. The number of aliphatic carboxylic acids is 1. The average Bonchev–Trinajstić information content (AvgIpc) is 2.31. The number of hydrogen-bond donors (Lipinski definition) is 3. The number of aliphatic hydroxyl groups excluding tert-OH is 1. The van der Waals surface area contributed by atoms with Gasteiger partial charge in [-0.3, -0.25) is 0 Å². The summed E-state index contributed by atoms with van der Waals surface area (Å²) >= 11 is 0. The standard InChI is InChI=1S/C13H22N2O4/c1-2-5-11(12(17)18)14-13(19)15(8-4-9-16)10-6-3-7-10/h2,10-11,16H,1,3-9H2,(H,14,19)(H,17,18). The van der Waals surface area contributed by atoms with E-state index in [0.717, 1.165) is 19.3 Å². The maximum absolute atomic E-state index is 12.1. The molecule has 3 N–H and O–H groups in total. The van der Waals surface area contributed by atoms with E-state index in [0.29, 0.717) is 13.0 Å². The number of nitrogens with zero attached hydrogens (tertiary/aromatic N) is 1. The Morgan fingerprint density at radius 1 is 1.47 bits per heavy atom. The van der Waals surface area contributed by atoms with E-state index in [2.05, 4.69) is 11.9 Å². The van der Waals surface area contributed by atoms with Crippen molar-refractivity contribution in [3.63, 3.8) is 0 Å². The van der Waals surface area contributed by atoms with Crippen molar-refractivity contribution in [3.8, 4) is 0 Å². The van der Waals surface area contributed by atoms with Crippen LogP contribution in [-0.4, -0.2) is 52.3 Å². The number of rotatable bonds is 8. The van der Waals surface area contributed by atoms with E-state index < -0.39 is 12.0 Å². The summed E-state index contributed by atoms with van der Waals surface area (Å²) in [6.45, 7) is 3.96. The van der Waals surface area contributed by atoms with Crippen molar-refractivity contribution in [2.75, 3.05) is 13.2 Å². The Kier molecular flexibility index (Phi) is 6.35. The first-order valence-electron chi connectivity index (χ1n) is 6.61. The SMILES string of the molecule is C=CCC(NC(=O)N(CCCO)C1CCC1)C(=O)O. The molecule has 0 aromatic carbocycles. The summed E-state index contributed by atoms with van der Waals surface area (Å²) in [5.74, 6) is -1.07. The highest BCUT2D eigenvalue weighted by atomic mass is 16.4. The summed E-state index contributed by atoms with van der Waals surface area (Å²) in [7, 11) is 0. The van der Waals surface area contributed by atoms with Gasteiger partial charge in [-0.2, -0.15) is 0 Å². The summed E-state index contributed by atoms with van der Waals surface area (Å²) in [6, 6.07) is -1.14. The van der Waals surface area contributed by atoms with Crippen LogP contribution in [0, 0.1) is 0 Å². The highest BCUT2D eigenvalue weighted by Crippen LogP contribution is 2.25. The Hall–Kier alpha value is -1.56. The molecule has 0 radical (unpaired) electrons. The van der Waals surface area contributed by atoms with Crippen LogP contribution in [0.4, 0.5) is 4.79 Å². The zero-order chi connectivity index (χ0) is 14.3. The Balaban J connectivity index is 2.58. The van der Waals surface area contributed by atoms with Gasteiger partial charge in [0.15, 0.2) is 0 Å². The molecule has 6 nitrogen and oxygen atoms in total. The summed E-state index contributed by atoms with van der Waals surface area (Å²) < 4.78 is 0. The van der Waals surface area contributed by atoms with E-state index in [9.17, 15) is 9.59 Å². The zero-order valence-corrected chi connectivity index (χ0v) is 11.0. The number of carbonyl (C=O) groups excluding carboxylic acids is 1. The molecule has 1 rings (SSSR count). The molecule has 0 aromatic heterocycles. The van der Waals surface area contributed by atoms with Gasteiger partial charge < -0.3 is 20.4 Å². The van der Waals surface area contributed by atoms with E-state index in [1.165, 1.54) is 6.08 Å². The third-order valence-corrected chi connectivity index (χ3v) is 3.33. The van der Waals surface area contributed by atoms with E-state index in [1.807, 2.05) is 0 Å². The molecular formula is C13H22N2O4. The van der Waals surface area contributed by atoms with Gasteiger partial charge in [-0.15, -0.1) is 6.58 Å². The van der Waals surface area contributed by atoms with E-state index in [1.54, 1.807) is 4.90 Å². The molecule has 0 spiro atoms. The van der Waals surface area contributed by atoms with E-state index in [-0.39, 0.29) is 25.1 Å². The van der Waals surface area contributed by atoms with Gasteiger partial charge >= 0.3 is 12.0 Å². The lowest BCUT2D eigenvalue weighted by molar-refractivity contribution is -0.139. The van der Waals surface area contributed by atoms with Crippen LogP contribution in [-0.2, 0) is 4.79 Å². The molecule has 6 heteroatoms. The minimum atomic E-state index is -1.07. The lowest BCUT2D eigenvalue weighted by Crippen LogP contribution is -2.53. The average molecular weight is 270 g/mol.